The van der Waals surface area contributed by atoms with Crippen molar-refractivity contribution in [2.45, 2.75) is 50.9 Å². The third-order valence-electron chi connectivity index (χ3n) is 4.43. The molecule has 2 N–H and O–H groups in total. The Kier molecular flexibility index (Phi) is 6.10. The molecule has 24 heavy (non-hydrogen) atoms. The molecule has 0 aromatic heterocycles. The van der Waals surface area contributed by atoms with Crippen LogP contribution < -0.4 is 5.32 Å². The van der Waals surface area contributed by atoms with Gasteiger partial charge in [0.1, 0.15) is 0 Å². The van der Waals surface area contributed by atoms with Crippen LogP contribution in [0.4, 0.5) is 18.0 Å². The number of piperidine rings is 1. The number of carbonyl (C=O) groups is 1. The largest absolute Gasteiger partial charge is 0.416 e. The van der Waals surface area contributed by atoms with Gasteiger partial charge in [0.15, 0.2) is 0 Å². The van der Waals surface area contributed by atoms with E-state index in [1.165, 1.54) is 12.1 Å². The van der Waals surface area contributed by atoms with Crippen LogP contribution in [0.1, 0.15) is 49.8 Å². The number of benzene rings is 1. The second kappa shape index (κ2) is 7.88. The first-order valence-corrected chi connectivity index (χ1v) is 8.18. The number of rotatable bonds is 4. The molecular weight excluding hydrogens is 321 g/mol. The normalized spacial score (nSPS) is 19.9. The number of nitrogens with one attached hydrogen (secondary N) is 1. The van der Waals surface area contributed by atoms with E-state index in [1.54, 1.807) is 11.8 Å². The summed E-state index contributed by atoms with van der Waals surface area (Å²) in [5.41, 5.74) is -0.0871. The van der Waals surface area contributed by atoms with Crippen molar-refractivity contribution in [3.8, 4) is 0 Å². The van der Waals surface area contributed by atoms with Gasteiger partial charge in [-0.2, -0.15) is 13.2 Å². The van der Waals surface area contributed by atoms with Crippen LogP contribution in [0, 0.1) is 0 Å². The first kappa shape index (κ1) is 18.6. The van der Waals surface area contributed by atoms with E-state index in [0.717, 1.165) is 31.4 Å². The predicted molar refractivity (Wildman–Crippen MR) is 84.4 cm³/mol. The lowest BCUT2D eigenvalue weighted by atomic mass is 10.00. The van der Waals surface area contributed by atoms with E-state index < -0.39 is 17.8 Å². The number of halogens is 3. The minimum absolute atomic E-state index is 0.0172. The number of hydrogen-bond donors (Lipinski definition) is 2. The first-order chi connectivity index (χ1) is 11.3. The quantitative estimate of drug-likeness (QED) is 0.875. The lowest BCUT2D eigenvalue weighted by Crippen LogP contribution is -2.49. The summed E-state index contributed by atoms with van der Waals surface area (Å²) >= 11 is 0. The van der Waals surface area contributed by atoms with E-state index in [4.69, 9.17) is 5.11 Å². The summed E-state index contributed by atoms with van der Waals surface area (Å²) in [7, 11) is 0. The molecule has 0 bridgehead atoms. The number of alkyl halides is 3. The Hall–Kier alpha value is -1.76. The number of likely N-dealkylation sites (tertiary alicyclic amines) is 1. The average molecular weight is 344 g/mol. The van der Waals surface area contributed by atoms with Crippen molar-refractivity contribution < 1.29 is 23.1 Å². The summed E-state index contributed by atoms with van der Waals surface area (Å²) in [6.45, 7) is 2.41. The van der Waals surface area contributed by atoms with Crippen molar-refractivity contribution in [2.24, 2.45) is 0 Å². The molecule has 134 valence electrons. The fourth-order valence-corrected chi connectivity index (χ4v) is 3.03. The molecule has 1 aliphatic heterocycles. The van der Waals surface area contributed by atoms with Gasteiger partial charge in [-0.3, -0.25) is 0 Å². The van der Waals surface area contributed by atoms with Gasteiger partial charge in [0.25, 0.3) is 0 Å². The lowest BCUT2D eigenvalue weighted by Gasteiger charge is -2.36. The highest BCUT2D eigenvalue weighted by Gasteiger charge is 2.30. The van der Waals surface area contributed by atoms with Gasteiger partial charge in [-0.15, -0.1) is 0 Å². The first-order valence-electron chi connectivity index (χ1n) is 8.18. The highest BCUT2D eigenvalue weighted by Crippen LogP contribution is 2.30. The van der Waals surface area contributed by atoms with Gasteiger partial charge in [-0.25, -0.2) is 4.79 Å². The number of nitrogens with zero attached hydrogens (tertiary/aromatic N) is 1. The zero-order valence-electron chi connectivity index (χ0n) is 13.6. The maximum Gasteiger partial charge on any atom is 0.416 e. The van der Waals surface area contributed by atoms with Gasteiger partial charge in [-0.1, -0.05) is 12.1 Å². The molecule has 0 saturated carbocycles. The molecule has 0 radical (unpaired) electrons. The Labute approximate surface area is 139 Å². The van der Waals surface area contributed by atoms with E-state index >= 15 is 0 Å². The molecule has 1 saturated heterocycles. The Balaban J connectivity index is 2.00. The van der Waals surface area contributed by atoms with E-state index in [9.17, 15) is 18.0 Å². The van der Waals surface area contributed by atoms with Crippen LogP contribution >= 0.6 is 0 Å². The summed E-state index contributed by atoms with van der Waals surface area (Å²) in [5, 5.41) is 12.0. The fourth-order valence-electron chi connectivity index (χ4n) is 3.03. The minimum Gasteiger partial charge on any atom is -0.396 e. The highest BCUT2D eigenvalue weighted by atomic mass is 19.4. The monoisotopic (exact) mass is 344 g/mol. The highest BCUT2D eigenvalue weighted by molar-refractivity contribution is 5.75. The van der Waals surface area contributed by atoms with Crippen LogP contribution in [-0.4, -0.2) is 35.2 Å². The van der Waals surface area contributed by atoms with Crippen LogP contribution in [0.3, 0.4) is 0 Å². The molecular formula is C17H23F3N2O2. The molecule has 1 fully saturated rings. The van der Waals surface area contributed by atoms with E-state index in [2.05, 4.69) is 5.32 Å². The Morgan fingerprint density at radius 3 is 2.58 bits per heavy atom. The second-order valence-electron chi connectivity index (χ2n) is 6.15. The van der Waals surface area contributed by atoms with Crippen molar-refractivity contribution in [2.75, 3.05) is 13.2 Å². The number of hydrogen-bond acceptors (Lipinski definition) is 2. The summed E-state index contributed by atoms with van der Waals surface area (Å²) in [6.07, 6.45) is -1.01. The van der Waals surface area contributed by atoms with Gasteiger partial charge in [0.2, 0.25) is 0 Å². The Bertz CT molecular complexity index is 544. The van der Waals surface area contributed by atoms with Crippen molar-refractivity contribution in [3.05, 3.63) is 35.4 Å². The van der Waals surface area contributed by atoms with E-state index in [-0.39, 0.29) is 18.7 Å². The van der Waals surface area contributed by atoms with Crippen LogP contribution in [-0.2, 0) is 6.18 Å². The Morgan fingerprint density at radius 1 is 1.33 bits per heavy atom. The maximum atomic E-state index is 12.6. The minimum atomic E-state index is -4.36. The van der Waals surface area contributed by atoms with E-state index in [0.29, 0.717) is 18.5 Å². The summed E-state index contributed by atoms with van der Waals surface area (Å²) in [6, 6.07) is 4.20. The smallest absolute Gasteiger partial charge is 0.396 e. The van der Waals surface area contributed by atoms with Gasteiger partial charge < -0.3 is 15.3 Å². The molecule has 2 amide bonds. The van der Waals surface area contributed by atoms with Crippen molar-refractivity contribution in [1.82, 2.24) is 10.2 Å². The van der Waals surface area contributed by atoms with Gasteiger partial charge in [0.05, 0.1) is 11.6 Å². The molecule has 1 heterocycles. The van der Waals surface area contributed by atoms with Crippen LogP contribution in [0.25, 0.3) is 0 Å². The maximum absolute atomic E-state index is 12.6. The molecule has 0 spiro atoms. The summed E-state index contributed by atoms with van der Waals surface area (Å²) in [4.78, 5) is 14.2. The molecule has 2 atom stereocenters. The summed E-state index contributed by atoms with van der Waals surface area (Å²) < 4.78 is 37.8. The molecule has 2 unspecified atom stereocenters. The molecule has 4 nitrogen and oxygen atoms in total. The number of aliphatic hydroxyl groups is 1. The SMILES string of the molecule is CC(NC(=O)N1CCCCC1CCO)c1ccc(C(F)(F)F)cc1. The van der Waals surface area contributed by atoms with Gasteiger partial charge in [0, 0.05) is 19.2 Å². The van der Waals surface area contributed by atoms with Crippen LogP contribution in [0.2, 0.25) is 0 Å². The zero-order chi connectivity index (χ0) is 17.7. The van der Waals surface area contributed by atoms with Crippen LogP contribution in [0.15, 0.2) is 24.3 Å². The molecule has 7 heteroatoms. The van der Waals surface area contributed by atoms with Crippen molar-refractivity contribution >= 4 is 6.03 Å². The topological polar surface area (TPSA) is 52.6 Å². The van der Waals surface area contributed by atoms with Crippen molar-refractivity contribution in [1.29, 1.82) is 0 Å². The molecule has 1 aromatic carbocycles. The average Bonchev–Trinajstić information content (AvgIpc) is 2.55. The molecule has 1 aromatic rings. The molecule has 2 rings (SSSR count). The molecule has 1 aliphatic rings. The number of amides is 2. The van der Waals surface area contributed by atoms with E-state index in [1.807, 2.05) is 0 Å². The van der Waals surface area contributed by atoms with Crippen molar-refractivity contribution in [3.63, 3.8) is 0 Å². The van der Waals surface area contributed by atoms with Gasteiger partial charge >= 0.3 is 12.2 Å². The third-order valence-corrected chi connectivity index (χ3v) is 4.43. The predicted octanol–water partition coefficient (Wildman–Crippen LogP) is 3.71. The van der Waals surface area contributed by atoms with Crippen LogP contribution in [0.5, 0.6) is 0 Å². The summed E-state index contributed by atoms with van der Waals surface area (Å²) in [5.74, 6) is 0. The number of carbonyl (C=O) groups excluding carboxylic acids is 1. The number of aliphatic hydroxyl groups excluding tert-OH is 1. The fraction of sp³-hybridized carbons (Fsp3) is 0.588. The second-order valence-corrected chi connectivity index (χ2v) is 6.15. The third kappa shape index (κ3) is 4.63. The lowest BCUT2D eigenvalue weighted by molar-refractivity contribution is -0.137. The standard InChI is InChI=1S/C17H23F3N2O2/c1-12(13-5-7-14(8-6-13)17(18,19)20)21-16(24)22-10-3-2-4-15(22)9-11-23/h5-8,12,15,23H,2-4,9-11H2,1H3,(H,21,24). The molecule has 0 aliphatic carbocycles. The zero-order valence-corrected chi connectivity index (χ0v) is 13.6. The number of urea groups is 1. The van der Waals surface area contributed by atoms with Gasteiger partial charge in [-0.05, 0) is 50.3 Å². The Morgan fingerprint density at radius 2 is 2.00 bits per heavy atom.